The Balaban J connectivity index is 1.47. The van der Waals surface area contributed by atoms with Gasteiger partial charge in [-0.15, -0.1) is 0 Å². The van der Waals surface area contributed by atoms with E-state index in [4.69, 9.17) is 4.74 Å². The number of esters is 1. The molecule has 5 nitrogen and oxygen atoms in total. The number of nitrogens with two attached hydrogens (primary N) is 1. The maximum atomic E-state index is 12.6. The van der Waals surface area contributed by atoms with Gasteiger partial charge in [-0.05, 0) is 50.4 Å². The summed E-state index contributed by atoms with van der Waals surface area (Å²) in [6, 6.07) is 0. The van der Waals surface area contributed by atoms with Gasteiger partial charge >= 0.3 is 5.97 Å². The summed E-state index contributed by atoms with van der Waals surface area (Å²) in [5.41, 5.74) is 1.28. The molecule has 0 bridgehead atoms. The van der Waals surface area contributed by atoms with Crippen LogP contribution in [0.5, 0.6) is 0 Å². The molecule has 0 radical (unpaired) electrons. The quantitative estimate of drug-likeness (QED) is 0.592. The van der Waals surface area contributed by atoms with Crippen molar-refractivity contribution in [3.63, 3.8) is 0 Å². The Morgan fingerprint density at radius 2 is 2.08 bits per heavy atom. The van der Waals surface area contributed by atoms with Crippen LogP contribution >= 0.6 is 0 Å². The zero-order chi connectivity index (χ0) is 18.7. The Labute approximate surface area is 156 Å². The molecule has 4 rings (SSSR count). The normalized spacial score (nSPS) is 47.3. The lowest BCUT2D eigenvalue weighted by molar-refractivity contribution is -0.722. The number of sulfone groups is 1. The van der Waals surface area contributed by atoms with Crippen molar-refractivity contribution in [3.05, 3.63) is 12.2 Å². The van der Waals surface area contributed by atoms with Gasteiger partial charge < -0.3 is 10.1 Å². The summed E-state index contributed by atoms with van der Waals surface area (Å²) in [6.45, 7) is 9.33. The van der Waals surface area contributed by atoms with Crippen LogP contribution < -0.4 is 5.32 Å². The van der Waals surface area contributed by atoms with Gasteiger partial charge in [0.05, 0.1) is 12.3 Å². The molecule has 0 aromatic heterocycles. The van der Waals surface area contributed by atoms with Gasteiger partial charge in [-0.25, -0.2) is 8.42 Å². The van der Waals surface area contributed by atoms with Crippen LogP contribution in [-0.2, 0) is 19.4 Å². The van der Waals surface area contributed by atoms with Crippen LogP contribution in [0.4, 0.5) is 0 Å². The molecule has 0 amide bonds. The number of rotatable bonds is 3. The predicted molar refractivity (Wildman–Crippen MR) is 99.2 cm³/mol. The van der Waals surface area contributed by atoms with Crippen LogP contribution in [0.2, 0.25) is 0 Å². The molecule has 2 aliphatic heterocycles. The number of hydrogen-bond acceptors (Lipinski definition) is 4. The first kappa shape index (κ1) is 18.5. The lowest BCUT2D eigenvalue weighted by Crippen LogP contribution is -2.97. The molecule has 0 aromatic carbocycles. The number of hydrogen-bond donors (Lipinski definition) is 1. The number of carbonyl (C=O) groups excluding carboxylic acids is 1. The van der Waals surface area contributed by atoms with E-state index in [1.54, 1.807) is 0 Å². The van der Waals surface area contributed by atoms with Crippen LogP contribution in [0.1, 0.15) is 52.4 Å². The van der Waals surface area contributed by atoms with Gasteiger partial charge in [0.2, 0.25) is 0 Å². The van der Waals surface area contributed by atoms with Gasteiger partial charge in [-0.3, -0.25) is 4.79 Å². The second-order valence-electron chi connectivity index (χ2n) is 9.84. The van der Waals surface area contributed by atoms with E-state index in [0.29, 0.717) is 18.9 Å². The zero-order valence-corrected chi connectivity index (χ0v) is 16.8. The fourth-order valence-corrected chi connectivity index (χ4v) is 8.32. The van der Waals surface area contributed by atoms with E-state index in [9.17, 15) is 13.2 Å². The molecule has 2 saturated heterocycles. The second kappa shape index (κ2) is 6.06. The molecule has 4 fully saturated rings. The average molecular weight is 383 g/mol. The fourth-order valence-electron chi connectivity index (χ4n) is 6.13. The maximum absolute atomic E-state index is 12.6. The molecule has 0 spiro atoms. The first-order chi connectivity index (χ1) is 12.1. The Morgan fingerprint density at radius 1 is 1.31 bits per heavy atom. The Hall–Kier alpha value is -0.880. The number of fused-ring (bicyclic) bond motifs is 2. The zero-order valence-electron chi connectivity index (χ0n) is 16.0. The van der Waals surface area contributed by atoms with Crippen molar-refractivity contribution < 1.29 is 23.3 Å². The monoisotopic (exact) mass is 382 g/mol. The van der Waals surface area contributed by atoms with E-state index in [2.05, 4.69) is 18.8 Å². The van der Waals surface area contributed by atoms with E-state index >= 15 is 0 Å². The molecule has 6 heteroatoms. The summed E-state index contributed by atoms with van der Waals surface area (Å²) < 4.78 is 29.5. The summed E-state index contributed by atoms with van der Waals surface area (Å²) >= 11 is 0. The minimum atomic E-state index is -2.93. The smallest absolute Gasteiger partial charge is 0.315 e. The molecule has 2 saturated carbocycles. The highest BCUT2D eigenvalue weighted by molar-refractivity contribution is 7.91. The standard InChI is InChI=1S/C20H31NO4S/c1-13-5-4-6-19(2)10-17-14(9-16(13)19)15(18(22)25-17)11-21-20(3)7-8-26(23,24)12-20/h14-17,21H,1,4-12H2,2-3H3/p+1/t14-,15-,16+,17-,19-,20+/m1/s1. The highest BCUT2D eigenvalue weighted by Crippen LogP contribution is 2.56. The molecule has 6 atom stereocenters. The first-order valence-corrected chi connectivity index (χ1v) is 11.9. The van der Waals surface area contributed by atoms with E-state index in [1.165, 1.54) is 18.4 Å². The molecule has 4 aliphatic rings. The van der Waals surface area contributed by atoms with Crippen LogP contribution in [0.25, 0.3) is 0 Å². The van der Waals surface area contributed by atoms with Crippen molar-refractivity contribution in [2.75, 3.05) is 18.1 Å². The molecule has 2 heterocycles. The number of allylic oxidation sites excluding steroid dienone is 1. The summed E-state index contributed by atoms with van der Waals surface area (Å²) in [6.07, 6.45) is 6.16. The summed E-state index contributed by atoms with van der Waals surface area (Å²) in [7, 11) is -2.93. The highest BCUT2D eigenvalue weighted by atomic mass is 32.2. The molecule has 0 aromatic rings. The predicted octanol–water partition coefficient (Wildman–Crippen LogP) is 1.44. The van der Waals surface area contributed by atoms with Crippen molar-refractivity contribution in [1.29, 1.82) is 0 Å². The first-order valence-electron chi connectivity index (χ1n) is 10.0. The summed E-state index contributed by atoms with van der Waals surface area (Å²) in [5, 5.41) is 2.11. The van der Waals surface area contributed by atoms with Gasteiger partial charge in [0.15, 0.2) is 9.84 Å². The van der Waals surface area contributed by atoms with Gasteiger partial charge in [-0.2, -0.15) is 0 Å². The van der Waals surface area contributed by atoms with Gasteiger partial charge in [-0.1, -0.05) is 19.1 Å². The Kier molecular flexibility index (Phi) is 4.31. The lowest BCUT2D eigenvalue weighted by atomic mass is 9.55. The summed E-state index contributed by atoms with van der Waals surface area (Å²) in [5.74, 6) is 1.05. The lowest BCUT2D eigenvalue weighted by Gasteiger charge is -2.49. The van der Waals surface area contributed by atoms with E-state index in [1.807, 2.05) is 6.92 Å². The third kappa shape index (κ3) is 3.13. The van der Waals surface area contributed by atoms with Gasteiger partial charge in [0.1, 0.15) is 23.3 Å². The van der Waals surface area contributed by atoms with E-state index in [0.717, 1.165) is 19.3 Å². The van der Waals surface area contributed by atoms with Crippen molar-refractivity contribution in [1.82, 2.24) is 0 Å². The third-order valence-corrected chi connectivity index (χ3v) is 9.64. The molecule has 2 N–H and O–H groups in total. The number of quaternary nitrogens is 1. The molecular formula is C20H32NO4S+. The van der Waals surface area contributed by atoms with Crippen molar-refractivity contribution in [3.8, 4) is 0 Å². The van der Waals surface area contributed by atoms with Crippen LogP contribution in [-0.4, -0.2) is 44.1 Å². The van der Waals surface area contributed by atoms with E-state index < -0.39 is 9.84 Å². The Bertz CT molecular complexity index is 732. The SMILES string of the molecule is C=C1CCC[C@]2(C)C[C@H]3OC(=O)[C@H](C[NH2+][C@@]4(C)CCS(=O)(=O)C4)[C@H]3C[C@@H]12. The number of ether oxygens (including phenoxy) is 1. The minimum absolute atomic E-state index is 0.0353. The minimum Gasteiger partial charge on any atom is -0.462 e. The topological polar surface area (TPSA) is 77.0 Å². The second-order valence-corrected chi connectivity index (χ2v) is 12.0. The van der Waals surface area contributed by atoms with Gasteiger partial charge in [0, 0.05) is 12.3 Å². The van der Waals surface area contributed by atoms with Crippen molar-refractivity contribution >= 4 is 15.8 Å². The molecule has 0 unspecified atom stereocenters. The van der Waals surface area contributed by atoms with Crippen LogP contribution in [0, 0.1) is 23.2 Å². The molecule has 146 valence electrons. The Morgan fingerprint density at radius 3 is 2.77 bits per heavy atom. The van der Waals surface area contributed by atoms with Crippen LogP contribution in [0.15, 0.2) is 12.2 Å². The molecule has 2 aliphatic carbocycles. The maximum Gasteiger partial charge on any atom is 0.315 e. The van der Waals surface area contributed by atoms with E-state index in [-0.39, 0.29) is 46.4 Å². The summed E-state index contributed by atoms with van der Waals surface area (Å²) in [4.78, 5) is 12.6. The largest absolute Gasteiger partial charge is 0.462 e. The fraction of sp³-hybridized carbons (Fsp3) is 0.850. The third-order valence-electron chi connectivity index (χ3n) is 7.72. The molecular weight excluding hydrogens is 350 g/mol. The van der Waals surface area contributed by atoms with Crippen molar-refractivity contribution in [2.24, 2.45) is 23.2 Å². The van der Waals surface area contributed by atoms with Crippen molar-refractivity contribution in [2.45, 2.75) is 64.0 Å². The highest BCUT2D eigenvalue weighted by Gasteiger charge is 2.56. The van der Waals surface area contributed by atoms with Gasteiger partial charge in [0.25, 0.3) is 0 Å². The average Bonchev–Trinajstić information content (AvgIpc) is 2.98. The molecule has 26 heavy (non-hydrogen) atoms. The number of carbonyl (C=O) groups is 1. The van der Waals surface area contributed by atoms with Crippen LogP contribution in [0.3, 0.4) is 0 Å².